The van der Waals surface area contributed by atoms with Crippen molar-refractivity contribution in [2.45, 2.75) is 31.1 Å². The number of aromatic nitrogens is 2. The molecule has 3 fully saturated rings. The van der Waals surface area contributed by atoms with Gasteiger partial charge in [0.15, 0.2) is 12.6 Å². The molecule has 2 bridgehead atoms. The molecule has 38 heavy (non-hydrogen) atoms. The van der Waals surface area contributed by atoms with E-state index in [1.54, 1.807) is 36.4 Å². The van der Waals surface area contributed by atoms with E-state index in [1.165, 1.54) is 0 Å². The second-order valence-electron chi connectivity index (χ2n) is 10.6. The number of para-hydroxylation sites is 2. The molecule has 0 radical (unpaired) electrons. The molecule has 0 amide bonds. The Kier molecular flexibility index (Phi) is 5.35. The molecule has 4 aliphatic heterocycles. The highest BCUT2D eigenvalue weighted by Crippen LogP contribution is 2.48. The number of esters is 1. The molecule has 3 saturated heterocycles. The molecular formula is C30H28N3O5+. The molecule has 0 spiro atoms. The molecule has 4 aromatic rings. The van der Waals surface area contributed by atoms with E-state index in [1.807, 2.05) is 42.5 Å². The zero-order valence-electron chi connectivity index (χ0n) is 20.8. The van der Waals surface area contributed by atoms with Gasteiger partial charge in [-0.2, -0.15) is 4.98 Å². The molecule has 0 aliphatic carbocycles. The van der Waals surface area contributed by atoms with Crippen LogP contribution in [0, 0.1) is 5.92 Å². The number of benzene rings is 3. The Balaban J connectivity index is 1.14. The van der Waals surface area contributed by atoms with Crippen LogP contribution in [0.4, 0.5) is 0 Å². The lowest BCUT2D eigenvalue weighted by atomic mass is 9.81. The van der Waals surface area contributed by atoms with E-state index in [2.05, 4.69) is 10.1 Å². The number of carbonyl (C=O) groups is 1. The van der Waals surface area contributed by atoms with Crippen molar-refractivity contribution in [3.8, 4) is 22.9 Å². The number of fused-ring (bicyclic) bond motifs is 5. The Hall–Kier alpha value is -4.01. The summed E-state index contributed by atoms with van der Waals surface area (Å²) in [6.45, 7) is 3.16. The summed E-state index contributed by atoms with van der Waals surface area (Å²) < 4.78 is 18.5. The molecule has 0 unspecified atom stereocenters. The molecule has 3 aromatic carbocycles. The average molecular weight is 511 g/mol. The van der Waals surface area contributed by atoms with Crippen molar-refractivity contribution >= 4 is 5.97 Å². The fourth-order valence-electron chi connectivity index (χ4n) is 6.30. The minimum absolute atomic E-state index is 0.260. The monoisotopic (exact) mass is 510 g/mol. The lowest BCUT2D eigenvalue weighted by Crippen LogP contribution is -2.64. The zero-order chi connectivity index (χ0) is 25.7. The standard InChI is InChI=1S/C30H28N3O5/c34-29(30(35)22-10-4-6-12-24(22)36-25-13-7-5-11-23(25)30)37-26-18-33(16-14-20(26)15-17-33)19-27-31-28(32-38-27)21-8-2-1-3-9-21/h1-13,20,26,35H,14-19H2/q+1/t20?,26-,33?/m0/s1. The van der Waals surface area contributed by atoms with E-state index in [0.717, 1.165) is 36.0 Å². The number of hydrogen-bond acceptors (Lipinski definition) is 7. The SMILES string of the molecule is O=C(O[C@H]1C[N+]2(Cc3nc(-c4ccccc4)no3)CCC1CC2)C1(O)c2ccccc2Oc2ccccc21. The molecule has 1 aromatic heterocycles. The summed E-state index contributed by atoms with van der Waals surface area (Å²) in [5, 5.41) is 16.1. The number of nitrogens with zero attached hydrogens (tertiary/aromatic N) is 3. The van der Waals surface area contributed by atoms with Gasteiger partial charge in [-0.3, -0.25) is 0 Å². The van der Waals surface area contributed by atoms with Crippen LogP contribution in [0.3, 0.4) is 0 Å². The van der Waals surface area contributed by atoms with Gasteiger partial charge in [-0.15, -0.1) is 0 Å². The summed E-state index contributed by atoms with van der Waals surface area (Å²) >= 11 is 0. The molecule has 1 N–H and O–H groups in total. The molecule has 5 heterocycles. The maximum atomic E-state index is 13.8. The number of aliphatic hydroxyl groups is 1. The van der Waals surface area contributed by atoms with Gasteiger partial charge in [-0.05, 0) is 12.1 Å². The quantitative estimate of drug-likeness (QED) is 0.314. The summed E-state index contributed by atoms with van der Waals surface area (Å²) in [5.74, 6) is 1.66. The third-order valence-electron chi connectivity index (χ3n) is 8.34. The summed E-state index contributed by atoms with van der Waals surface area (Å²) in [5.41, 5.74) is -0.238. The van der Waals surface area contributed by atoms with Crippen LogP contribution >= 0.6 is 0 Å². The van der Waals surface area contributed by atoms with Crippen molar-refractivity contribution in [2.24, 2.45) is 5.92 Å². The third-order valence-corrected chi connectivity index (χ3v) is 8.34. The Morgan fingerprint density at radius 3 is 2.26 bits per heavy atom. The van der Waals surface area contributed by atoms with Crippen molar-refractivity contribution in [1.29, 1.82) is 0 Å². The van der Waals surface area contributed by atoms with E-state index in [0.29, 0.717) is 47.4 Å². The fourth-order valence-corrected chi connectivity index (χ4v) is 6.30. The van der Waals surface area contributed by atoms with Crippen LogP contribution in [-0.2, 0) is 21.7 Å². The maximum Gasteiger partial charge on any atom is 0.348 e. The Bertz CT molecular complexity index is 1450. The number of carbonyl (C=O) groups excluding carboxylic acids is 1. The first-order chi connectivity index (χ1) is 18.5. The van der Waals surface area contributed by atoms with Gasteiger partial charge >= 0.3 is 5.97 Å². The van der Waals surface area contributed by atoms with Gasteiger partial charge < -0.3 is 23.6 Å². The lowest BCUT2D eigenvalue weighted by molar-refractivity contribution is -0.959. The highest BCUT2D eigenvalue weighted by Gasteiger charge is 2.53. The van der Waals surface area contributed by atoms with Gasteiger partial charge in [-0.25, -0.2) is 4.79 Å². The van der Waals surface area contributed by atoms with Gasteiger partial charge in [0.2, 0.25) is 11.4 Å². The summed E-state index contributed by atoms with van der Waals surface area (Å²) in [6.07, 6.45) is 1.56. The van der Waals surface area contributed by atoms with Crippen molar-refractivity contribution in [3.63, 3.8) is 0 Å². The number of piperidine rings is 3. The number of ether oxygens (including phenoxy) is 2. The molecule has 8 rings (SSSR count). The topological polar surface area (TPSA) is 94.7 Å². The highest BCUT2D eigenvalue weighted by molar-refractivity contribution is 5.88. The molecule has 0 saturated carbocycles. The minimum atomic E-state index is -1.95. The molecule has 8 nitrogen and oxygen atoms in total. The number of hydrogen-bond donors (Lipinski definition) is 1. The normalized spacial score (nSPS) is 24.7. The molecule has 1 atom stereocenters. The fraction of sp³-hybridized carbons (Fsp3) is 0.300. The zero-order valence-corrected chi connectivity index (χ0v) is 20.8. The smallest absolute Gasteiger partial charge is 0.348 e. The van der Waals surface area contributed by atoms with Crippen molar-refractivity contribution < 1.29 is 28.4 Å². The van der Waals surface area contributed by atoms with E-state index >= 15 is 0 Å². The van der Waals surface area contributed by atoms with Crippen LogP contribution in [-0.4, -0.2) is 51.4 Å². The highest BCUT2D eigenvalue weighted by atomic mass is 16.6. The van der Waals surface area contributed by atoms with Gasteiger partial charge in [0.1, 0.15) is 18.0 Å². The van der Waals surface area contributed by atoms with Gasteiger partial charge in [-0.1, -0.05) is 71.9 Å². The summed E-state index contributed by atoms with van der Waals surface area (Å²) in [6, 6.07) is 23.9. The number of rotatable bonds is 5. The Morgan fingerprint density at radius 1 is 0.947 bits per heavy atom. The maximum absolute atomic E-state index is 13.8. The molecular weight excluding hydrogens is 482 g/mol. The van der Waals surface area contributed by atoms with Crippen LogP contribution in [0.15, 0.2) is 83.4 Å². The van der Waals surface area contributed by atoms with Crippen molar-refractivity contribution in [3.05, 3.63) is 95.9 Å². The van der Waals surface area contributed by atoms with Crippen LogP contribution in [0.5, 0.6) is 11.5 Å². The second kappa shape index (κ2) is 8.79. The lowest BCUT2D eigenvalue weighted by Gasteiger charge is -2.51. The van der Waals surface area contributed by atoms with Crippen molar-refractivity contribution in [2.75, 3.05) is 19.6 Å². The van der Waals surface area contributed by atoms with Gasteiger partial charge in [0.05, 0.1) is 13.1 Å². The first-order valence-electron chi connectivity index (χ1n) is 13.1. The van der Waals surface area contributed by atoms with Crippen molar-refractivity contribution in [1.82, 2.24) is 10.1 Å². The Labute approximate surface area is 220 Å². The summed E-state index contributed by atoms with van der Waals surface area (Å²) in [7, 11) is 0. The van der Waals surface area contributed by atoms with Crippen LogP contribution < -0.4 is 4.74 Å². The minimum Gasteiger partial charge on any atom is -0.457 e. The summed E-state index contributed by atoms with van der Waals surface area (Å²) in [4.78, 5) is 18.5. The third kappa shape index (κ3) is 3.71. The second-order valence-corrected chi connectivity index (χ2v) is 10.6. The first kappa shape index (κ1) is 23.1. The largest absolute Gasteiger partial charge is 0.457 e. The molecule has 4 aliphatic rings. The molecule has 192 valence electrons. The predicted molar refractivity (Wildman–Crippen MR) is 137 cm³/mol. The van der Waals surface area contributed by atoms with Crippen LogP contribution in [0.25, 0.3) is 11.4 Å². The van der Waals surface area contributed by atoms with Crippen LogP contribution in [0.2, 0.25) is 0 Å². The Morgan fingerprint density at radius 2 is 1.58 bits per heavy atom. The molecule has 8 heteroatoms. The van der Waals surface area contributed by atoms with Crippen LogP contribution in [0.1, 0.15) is 29.9 Å². The number of quaternary nitrogens is 1. The van der Waals surface area contributed by atoms with Gasteiger partial charge in [0, 0.05) is 35.4 Å². The van der Waals surface area contributed by atoms with Gasteiger partial charge in [0.25, 0.3) is 5.89 Å². The predicted octanol–water partition coefficient (Wildman–Crippen LogP) is 4.43. The first-order valence-corrected chi connectivity index (χ1v) is 13.1. The average Bonchev–Trinajstić information content (AvgIpc) is 3.42. The van der Waals surface area contributed by atoms with E-state index in [9.17, 15) is 9.90 Å². The van der Waals surface area contributed by atoms with E-state index in [4.69, 9.17) is 14.0 Å². The van der Waals surface area contributed by atoms with E-state index in [-0.39, 0.29) is 12.0 Å². The van der Waals surface area contributed by atoms with E-state index < -0.39 is 11.6 Å².